The lowest BCUT2D eigenvalue weighted by molar-refractivity contribution is 0.0640. The molecule has 5 aromatic rings. The Labute approximate surface area is 250 Å². The second-order valence-electron chi connectivity index (χ2n) is 9.71. The highest BCUT2D eigenvalue weighted by atomic mass is 19.1. The van der Waals surface area contributed by atoms with Gasteiger partial charge in [0, 0.05) is 17.7 Å². The quantitative estimate of drug-likeness (QED) is 0.276. The van der Waals surface area contributed by atoms with Crippen LogP contribution < -0.4 is 15.2 Å². The Morgan fingerprint density at radius 3 is 1.59 bits per heavy atom. The first kappa shape index (κ1) is 30.0. The van der Waals surface area contributed by atoms with E-state index in [-0.39, 0.29) is 30.2 Å². The number of aryl methyl sites for hydroxylation is 2. The maximum Gasteiger partial charge on any atom is 0.261 e. The van der Waals surface area contributed by atoms with Crippen LogP contribution in [0.15, 0.2) is 60.9 Å². The molecule has 3 heterocycles. The lowest BCUT2D eigenvalue weighted by atomic mass is 10.1. The summed E-state index contributed by atoms with van der Waals surface area (Å²) in [6, 6.07) is 12.9. The average molecular weight is 603 g/mol. The van der Waals surface area contributed by atoms with Gasteiger partial charge in [-0.3, -0.25) is 14.5 Å². The van der Waals surface area contributed by atoms with Crippen molar-refractivity contribution in [3.05, 3.63) is 106 Å². The Balaban J connectivity index is 0.000000195. The summed E-state index contributed by atoms with van der Waals surface area (Å²) in [6.45, 7) is 3.39. The summed E-state index contributed by atoms with van der Waals surface area (Å²) < 4.78 is 41.9. The summed E-state index contributed by atoms with van der Waals surface area (Å²) in [7, 11) is 2.77. The molecule has 44 heavy (non-hydrogen) atoms. The second-order valence-corrected chi connectivity index (χ2v) is 9.71. The van der Waals surface area contributed by atoms with E-state index in [2.05, 4.69) is 20.6 Å². The Hall–Kier alpha value is -5.50. The number of benzene rings is 3. The molecule has 0 bridgehead atoms. The fourth-order valence-electron chi connectivity index (χ4n) is 4.74. The second kappa shape index (κ2) is 12.4. The Morgan fingerprint density at radius 2 is 1.18 bits per heavy atom. The highest BCUT2D eigenvalue weighted by Gasteiger charge is 2.36. The summed E-state index contributed by atoms with van der Waals surface area (Å²) >= 11 is 0. The first-order valence-electron chi connectivity index (χ1n) is 13.3. The number of nitrogens with zero attached hydrogens (tertiary/aromatic N) is 7. The van der Waals surface area contributed by atoms with Gasteiger partial charge in [0.1, 0.15) is 0 Å². The van der Waals surface area contributed by atoms with Gasteiger partial charge in [0.15, 0.2) is 23.1 Å². The summed E-state index contributed by atoms with van der Waals surface area (Å²) in [6.07, 6.45) is 3.34. The first-order valence-corrected chi connectivity index (χ1v) is 13.3. The van der Waals surface area contributed by atoms with Gasteiger partial charge in [-0.05, 0) is 50.2 Å². The third kappa shape index (κ3) is 5.49. The molecule has 12 nitrogen and oxygen atoms in total. The number of aromatic nitrogens is 6. The van der Waals surface area contributed by atoms with Crippen LogP contribution in [0, 0.1) is 25.5 Å². The SMILES string of the molecule is COc1ccc(-n2cc(C)nn2)c(CN)c1F.COc1ccc(-n2cc(C)nn2)c(CN2C(=O)c3ccccc3C2=O)c1F. The van der Waals surface area contributed by atoms with Gasteiger partial charge in [-0.1, -0.05) is 22.6 Å². The zero-order valence-electron chi connectivity index (χ0n) is 24.3. The molecule has 14 heteroatoms. The van der Waals surface area contributed by atoms with Crippen LogP contribution in [0.25, 0.3) is 11.4 Å². The summed E-state index contributed by atoms with van der Waals surface area (Å²) in [5.74, 6) is -1.84. The molecule has 0 radical (unpaired) electrons. The Bertz CT molecular complexity index is 1830. The number of halogens is 2. The van der Waals surface area contributed by atoms with Crippen molar-refractivity contribution < 1.29 is 27.8 Å². The van der Waals surface area contributed by atoms with Gasteiger partial charge in [0.05, 0.1) is 67.0 Å². The molecule has 0 unspecified atom stereocenters. The van der Waals surface area contributed by atoms with Crippen LogP contribution in [-0.4, -0.2) is 60.9 Å². The van der Waals surface area contributed by atoms with Crippen molar-refractivity contribution in [1.29, 1.82) is 0 Å². The molecule has 6 rings (SSSR count). The molecule has 2 N–H and O–H groups in total. The Morgan fingerprint density at radius 1 is 0.727 bits per heavy atom. The van der Waals surface area contributed by atoms with Gasteiger partial charge < -0.3 is 15.2 Å². The van der Waals surface area contributed by atoms with Gasteiger partial charge in [0.2, 0.25) is 0 Å². The topological polar surface area (TPSA) is 143 Å². The number of imide groups is 1. The molecule has 0 atom stereocenters. The van der Waals surface area contributed by atoms with E-state index in [1.54, 1.807) is 61.8 Å². The molecule has 3 aromatic carbocycles. The number of ether oxygens (including phenoxy) is 2. The van der Waals surface area contributed by atoms with Gasteiger partial charge in [0.25, 0.3) is 11.8 Å². The smallest absolute Gasteiger partial charge is 0.261 e. The average Bonchev–Trinajstić information content (AvgIpc) is 3.73. The minimum atomic E-state index is -0.653. The van der Waals surface area contributed by atoms with Gasteiger partial charge in [-0.15, -0.1) is 10.2 Å². The lowest BCUT2D eigenvalue weighted by Gasteiger charge is -2.18. The van der Waals surface area contributed by atoms with E-state index in [0.29, 0.717) is 33.8 Å². The zero-order chi connectivity index (χ0) is 31.5. The maximum atomic E-state index is 15.0. The minimum absolute atomic E-state index is 0.0159. The van der Waals surface area contributed by atoms with Crippen LogP contribution in [0.1, 0.15) is 43.2 Å². The van der Waals surface area contributed by atoms with E-state index in [1.807, 2.05) is 6.92 Å². The van der Waals surface area contributed by atoms with Crippen molar-refractivity contribution in [2.75, 3.05) is 14.2 Å². The summed E-state index contributed by atoms with van der Waals surface area (Å²) in [5, 5.41) is 15.6. The highest BCUT2D eigenvalue weighted by Crippen LogP contribution is 2.31. The molecule has 2 aromatic heterocycles. The van der Waals surface area contributed by atoms with Crippen LogP contribution >= 0.6 is 0 Å². The minimum Gasteiger partial charge on any atom is -0.494 e. The van der Waals surface area contributed by atoms with E-state index in [9.17, 15) is 14.0 Å². The van der Waals surface area contributed by atoms with Crippen LogP contribution in [0.2, 0.25) is 0 Å². The molecule has 0 fully saturated rings. The molecular formula is C30H28F2N8O4. The van der Waals surface area contributed by atoms with Crippen molar-refractivity contribution in [3.8, 4) is 22.9 Å². The number of hydrogen-bond acceptors (Lipinski definition) is 9. The van der Waals surface area contributed by atoms with Crippen LogP contribution in [0.3, 0.4) is 0 Å². The molecule has 0 saturated carbocycles. The molecule has 2 amide bonds. The molecule has 0 spiro atoms. The molecule has 1 aliphatic rings. The van der Waals surface area contributed by atoms with Crippen LogP contribution in [-0.2, 0) is 13.1 Å². The standard InChI is InChI=1S/C19H15FN4O3.C11H13FN4O/c1-11-9-24(22-21-11)15-7-8-16(27-2)17(20)14(15)10-23-18(25)12-5-3-4-6-13(12)19(23)26;1-7-6-16(15-14-7)9-3-4-10(17-2)11(12)8(9)5-13/h3-9H,10H2,1-2H3;3-4,6H,5,13H2,1-2H3. The normalized spacial score (nSPS) is 12.2. The number of carbonyl (C=O) groups excluding carboxylic acids is 2. The summed E-state index contributed by atoms with van der Waals surface area (Å²) in [4.78, 5) is 26.3. The predicted molar refractivity (Wildman–Crippen MR) is 154 cm³/mol. The van der Waals surface area contributed by atoms with Crippen molar-refractivity contribution in [2.24, 2.45) is 5.73 Å². The number of methoxy groups -OCH3 is 2. The van der Waals surface area contributed by atoms with E-state index < -0.39 is 23.4 Å². The van der Waals surface area contributed by atoms with E-state index >= 15 is 4.39 Å². The van der Waals surface area contributed by atoms with Gasteiger partial charge >= 0.3 is 0 Å². The highest BCUT2D eigenvalue weighted by molar-refractivity contribution is 6.21. The molecule has 1 aliphatic heterocycles. The Kier molecular flexibility index (Phi) is 8.44. The van der Waals surface area contributed by atoms with E-state index in [1.165, 1.54) is 29.6 Å². The van der Waals surface area contributed by atoms with Crippen molar-refractivity contribution in [3.63, 3.8) is 0 Å². The third-order valence-electron chi connectivity index (χ3n) is 6.91. The lowest BCUT2D eigenvalue weighted by Crippen LogP contribution is -2.30. The van der Waals surface area contributed by atoms with E-state index in [0.717, 1.165) is 10.6 Å². The molecule has 0 saturated heterocycles. The van der Waals surface area contributed by atoms with Crippen LogP contribution in [0.5, 0.6) is 11.5 Å². The molecular weight excluding hydrogens is 574 g/mol. The monoisotopic (exact) mass is 602 g/mol. The largest absolute Gasteiger partial charge is 0.494 e. The van der Waals surface area contributed by atoms with Crippen molar-refractivity contribution in [2.45, 2.75) is 26.9 Å². The maximum absolute atomic E-state index is 15.0. The first-order chi connectivity index (χ1) is 21.2. The van der Waals surface area contributed by atoms with Gasteiger partial charge in [-0.25, -0.2) is 18.1 Å². The number of carbonyl (C=O) groups is 2. The molecule has 0 aliphatic carbocycles. The van der Waals surface area contributed by atoms with Gasteiger partial charge in [-0.2, -0.15) is 0 Å². The van der Waals surface area contributed by atoms with Crippen molar-refractivity contribution in [1.82, 2.24) is 34.9 Å². The fraction of sp³-hybridized carbons (Fsp3) is 0.200. The molecule has 226 valence electrons. The number of rotatable bonds is 7. The van der Waals surface area contributed by atoms with Crippen LogP contribution in [0.4, 0.5) is 8.78 Å². The third-order valence-corrected chi connectivity index (χ3v) is 6.91. The predicted octanol–water partition coefficient (Wildman–Crippen LogP) is 3.70. The fourth-order valence-corrected chi connectivity index (χ4v) is 4.74. The number of nitrogens with two attached hydrogens (primary N) is 1. The summed E-state index contributed by atoms with van der Waals surface area (Å²) in [5.41, 5.74) is 9.02. The van der Waals surface area contributed by atoms with Crippen molar-refractivity contribution >= 4 is 11.8 Å². The number of amides is 2. The van der Waals surface area contributed by atoms with E-state index in [4.69, 9.17) is 15.2 Å². The number of fused-ring (bicyclic) bond motifs is 1. The number of hydrogen-bond donors (Lipinski definition) is 1. The zero-order valence-corrected chi connectivity index (χ0v) is 24.3.